The van der Waals surface area contributed by atoms with Crippen molar-refractivity contribution in [2.45, 2.75) is 25.7 Å². The maximum absolute atomic E-state index is 11.9. The third kappa shape index (κ3) is 5.61. The number of carbonyl (C=O) groups is 2. The Bertz CT molecular complexity index is 698. The van der Waals surface area contributed by atoms with Crippen LogP contribution >= 0.6 is 0 Å². The van der Waals surface area contributed by atoms with Crippen LogP contribution in [-0.2, 0) is 21.2 Å². The van der Waals surface area contributed by atoms with Gasteiger partial charge in [0.1, 0.15) is 0 Å². The van der Waals surface area contributed by atoms with Gasteiger partial charge < -0.3 is 10.4 Å². The molecule has 24 heavy (non-hydrogen) atoms. The molecule has 0 aromatic heterocycles. The summed E-state index contributed by atoms with van der Waals surface area (Å²) in [5.74, 6) is -1.26. The average molecular weight is 354 g/mol. The summed E-state index contributed by atoms with van der Waals surface area (Å²) >= 11 is 0. The maximum Gasteiger partial charge on any atom is 0.335 e. The summed E-state index contributed by atoms with van der Waals surface area (Å²) in [5.41, 5.74) is 0.468. The van der Waals surface area contributed by atoms with Crippen LogP contribution in [0.1, 0.15) is 35.2 Å². The fraction of sp³-hybridized carbons (Fsp3) is 0.500. The van der Waals surface area contributed by atoms with Gasteiger partial charge in [0.15, 0.2) is 0 Å². The number of benzene rings is 1. The van der Waals surface area contributed by atoms with Gasteiger partial charge in [-0.15, -0.1) is 0 Å². The van der Waals surface area contributed by atoms with E-state index in [1.807, 2.05) is 0 Å². The number of nitrogens with one attached hydrogen (secondary N) is 2. The van der Waals surface area contributed by atoms with Crippen molar-refractivity contribution in [3.63, 3.8) is 0 Å². The molecule has 1 fully saturated rings. The summed E-state index contributed by atoms with van der Waals surface area (Å²) in [4.78, 5) is 23.0. The zero-order chi connectivity index (χ0) is 17.6. The highest BCUT2D eigenvalue weighted by molar-refractivity contribution is 7.89. The van der Waals surface area contributed by atoms with Crippen molar-refractivity contribution in [2.24, 2.45) is 5.92 Å². The number of carboxylic acids is 1. The van der Waals surface area contributed by atoms with Gasteiger partial charge in [0, 0.05) is 13.1 Å². The fourth-order valence-electron chi connectivity index (χ4n) is 2.46. The quantitative estimate of drug-likeness (QED) is 0.606. The Balaban J connectivity index is 1.76. The van der Waals surface area contributed by atoms with Crippen LogP contribution in [0.15, 0.2) is 24.3 Å². The summed E-state index contributed by atoms with van der Waals surface area (Å²) in [6, 6.07) is 6.24. The molecular formula is C16H22N2O5S. The van der Waals surface area contributed by atoms with E-state index in [0.717, 1.165) is 19.3 Å². The molecule has 132 valence electrons. The molecule has 1 aromatic carbocycles. The molecule has 8 heteroatoms. The Morgan fingerprint density at radius 3 is 2.54 bits per heavy atom. The zero-order valence-electron chi connectivity index (χ0n) is 13.3. The molecule has 2 rings (SSSR count). The number of carbonyl (C=O) groups excluding carboxylic acids is 1. The molecule has 1 aliphatic rings. The molecule has 0 heterocycles. The van der Waals surface area contributed by atoms with E-state index in [9.17, 15) is 18.0 Å². The lowest BCUT2D eigenvalue weighted by atomic mass is 9.86. The van der Waals surface area contributed by atoms with E-state index in [1.54, 1.807) is 18.2 Å². The van der Waals surface area contributed by atoms with Gasteiger partial charge in [-0.2, -0.15) is 0 Å². The van der Waals surface area contributed by atoms with Crippen LogP contribution in [0.3, 0.4) is 0 Å². The Kier molecular flexibility index (Phi) is 6.33. The molecular weight excluding hydrogens is 332 g/mol. The first kappa shape index (κ1) is 18.4. The third-order valence-corrected chi connectivity index (χ3v) is 5.46. The summed E-state index contributed by atoms with van der Waals surface area (Å²) in [7, 11) is -3.40. The van der Waals surface area contributed by atoms with Crippen molar-refractivity contribution in [1.29, 1.82) is 0 Å². The van der Waals surface area contributed by atoms with Gasteiger partial charge in [-0.1, -0.05) is 24.6 Å². The normalized spacial score (nSPS) is 14.8. The Morgan fingerprint density at radius 2 is 1.92 bits per heavy atom. The SMILES string of the molecule is O=C(Cc1ccccc1C(=O)O)NCCS(=O)(=O)NCC1CCC1. The molecule has 7 nitrogen and oxygen atoms in total. The minimum atomic E-state index is -3.40. The summed E-state index contributed by atoms with van der Waals surface area (Å²) < 4.78 is 26.2. The van der Waals surface area contributed by atoms with Gasteiger partial charge >= 0.3 is 5.97 Å². The first-order valence-corrected chi connectivity index (χ1v) is 9.58. The summed E-state index contributed by atoms with van der Waals surface area (Å²) in [5, 5.41) is 11.6. The average Bonchev–Trinajstić information content (AvgIpc) is 2.45. The number of hydrogen-bond donors (Lipinski definition) is 3. The smallest absolute Gasteiger partial charge is 0.335 e. The van der Waals surface area contributed by atoms with Gasteiger partial charge in [-0.25, -0.2) is 17.9 Å². The Hall–Kier alpha value is -1.93. The molecule has 1 aliphatic carbocycles. The Morgan fingerprint density at radius 1 is 1.21 bits per heavy atom. The topological polar surface area (TPSA) is 113 Å². The molecule has 0 saturated heterocycles. The second kappa shape index (κ2) is 8.25. The lowest BCUT2D eigenvalue weighted by Gasteiger charge is -2.25. The predicted octanol–water partition coefficient (Wildman–Crippen LogP) is 0.763. The van der Waals surface area contributed by atoms with E-state index in [-0.39, 0.29) is 24.3 Å². The molecule has 0 atom stereocenters. The standard InChI is InChI=1S/C16H22N2O5S/c19-15(10-13-6-1-2-7-14(13)16(20)21)17-8-9-24(22,23)18-11-12-4-3-5-12/h1-2,6-7,12,18H,3-5,8-11H2,(H,17,19)(H,20,21). The van der Waals surface area contributed by atoms with E-state index in [4.69, 9.17) is 5.11 Å². The monoisotopic (exact) mass is 354 g/mol. The first-order chi connectivity index (χ1) is 11.4. The predicted molar refractivity (Wildman–Crippen MR) is 89.2 cm³/mol. The van der Waals surface area contributed by atoms with E-state index in [0.29, 0.717) is 18.0 Å². The lowest BCUT2D eigenvalue weighted by molar-refractivity contribution is -0.120. The van der Waals surface area contributed by atoms with Crippen molar-refractivity contribution in [2.75, 3.05) is 18.8 Å². The van der Waals surface area contributed by atoms with Crippen LogP contribution in [0.2, 0.25) is 0 Å². The number of carboxylic acid groups (broad SMARTS) is 1. The number of hydrogen-bond acceptors (Lipinski definition) is 4. The fourth-order valence-corrected chi connectivity index (χ4v) is 3.46. The number of sulfonamides is 1. The zero-order valence-corrected chi connectivity index (χ0v) is 14.1. The van der Waals surface area contributed by atoms with Crippen molar-refractivity contribution in [1.82, 2.24) is 10.0 Å². The number of aromatic carboxylic acids is 1. The summed E-state index contributed by atoms with van der Waals surface area (Å²) in [6.45, 7) is 0.455. The molecule has 3 N–H and O–H groups in total. The highest BCUT2D eigenvalue weighted by Gasteiger charge is 2.20. The second-order valence-electron chi connectivity index (χ2n) is 5.95. The van der Waals surface area contributed by atoms with Crippen molar-refractivity contribution >= 4 is 21.9 Å². The molecule has 1 saturated carbocycles. The van der Waals surface area contributed by atoms with Gasteiger partial charge in [-0.3, -0.25) is 4.79 Å². The second-order valence-corrected chi connectivity index (χ2v) is 7.88. The van der Waals surface area contributed by atoms with Crippen molar-refractivity contribution < 1.29 is 23.1 Å². The third-order valence-electron chi connectivity index (χ3n) is 4.11. The van der Waals surface area contributed by atoms with Crippen molar-refractivity contribution in [3.8, 4) is 0 Å². The lowest BCUT2D eigenvalue weighted by Crippen LogP contribution is -2.38. The highest BCUT2D eigenvalue weighted by Crippen LogP contribution is 2.25. The molecule has 0 radical (unpaired) electrons. The van der Waals surface area contributed by atoms with Crippen LogP contribution in [0, 0.1) is 5.92 Å². The molecule has 0 bridgehead atoms. The molecule has 0 spiro atoms. The number of amides is 1. The first-order valence-electron chi connectivity index (χ1n) is 7.92. The van der Waals surface area contributed by atoms with Gasteiger partial charge in [0.05, 0.1) is 17.7 Å². The molecule has 0 unspecified atom stereocenters. The van der Waals surface area contributed by atoms with Gasteiger partial charge in [0.2, 0.25) is 15.9 Å². The van der Waals surface area contributed by atoms with Crippen molar-refractivity contribution in [3.05, 3.63) is 35.4 Å². The van der Waals surface area contributed by atoms with E-state index >= 15 is 0 Å². The maximum atomic E-state index is 11.9. The Labute approximate surface area is 141 Å². The minimum absolute atomic E-state index is 0.00588. The van der Waals surface area contributed by atoms with Crippen LogP contribution in [0.25, 0.3) is 0 Å². The van der Waals surface area contributed by atoms with Crippen LogP contribution in [-0.4, -0.2) is 44.2 Å². The molecule has 1 aromatic rings. The van der Waals surface area contributed by atoms with E-state index in [1.165, 1.54) is 6.07 Å². The van der Waals surface area contributed by atoms with E-state index < -0.39 is 21.9 Å². The van der Waals surface area contributed by atoms with Crippen LogP contribution in [0.5, 0.6) is 0 Å². The van der Waals surface area contributed by atoms with Gasteiger partial charge in [0.25, 0.3) is 0 Å². The van der Waals surface area contributed by atoms with E-state index in [2.05, 4.69) is 10.0 Å². The summed E-state index contributed by atoms with van der Waals surface area (Å²) in [6.07, 6.45) is 3.17. The van der Waals surface area contributed by atoms with Crippen LogP contribution < -0.4 is 10.0 Å². The van der Waals surface area contributed by atoms with Crippen LogP contribution in [0.4, 0.5) is 0 Å². The molecule has 1 amide bonds. The highest BCUT2D eigenvalue weighted by atomic mass is 32.2. The number of rotatable bonds is 9. The minimum Gasteiger partial charge on any atom is -0.478 e. The van der Waals surface area contributed by atoms with Gasteiger partial charge in [-0.05, 0) is 30.4 Å². The largest absolute Gasteiger partial charge is 0.478 e. The molecule has 0 aliphatic heterocycles.